The Labute approximate surface area is 119 Å². The second-order valence-electron chi connectivity index (χ2n) is 5.71. The number of hydrogen-bond donors (Lipinski definition) is 0. The fraction of sp³-hybridized carbons (Fsp3) is 0.278. The smallest absolute Gasteiger partial charge is 0.173 e. The van der Waals surface area contributed by atoms with Crippen LogP contribution in [0.5, 0.6) is 0 Å². The summed E-state index contributed by atoms with van der Waals surface area (Å²) in [6, 6.07) is 11.9. The van der Waals surface area contributed by atoms with Crippen molar-refractivity contribution in [3.05, 3.63) is 70.5 Å². The van der Waals surface area contributed by atoms with Gasteiger partial charge in [-0.25, -0.2) is 4.39 Å². The van der Waals surface area contributed by atoms with Crippen LogP contribution in [-0.2, 0) is 5.41 Å². The van der Waals surface area contributed by atoms with Crippen LogP contribution in [0.1, 0.15) is 40.9 Å². The molecule has 0 fully saturated rings. The molecule has 0 heterocycles. The quantitative estimate of drug-likeness (QED) is 0.745. The van der Waals surface area contributed by atoms with Gasteiger partial charge in [0, 0.05) is 5.56 Å². The first kappa shape index (κ1) is 14.4. The maximum absolute atomic E-state index is 13.0. The van der Waals surface area contributed by atoms with E-state index in [4.69, 9.17) is 0 Å². The van der Waals surface area contributed by atoms with E-state index in [0.717, 1.165) is 22.3 Å². The lowest BCUT2D eigenvalue weighted by Gasteiger charge is -2.25. The minimum absolute atomic E-state index is 0.0605. The summed E-state index contributed by atoms with van der Waals surface area (Å²) in [5.74, 6) is -0.228. The van der Waals surface area contributed by atoms with Crippen LogP contribution in [0.4, 0.5) is 4.39 Å². The highest BCUT2D eigenvalue weighted by molar-refractivity contribution is 6.04. The maximum atomic E-state index is 13.0. The van der Waals surface area contributed by atoms with Crippen LogP contribution >= 0.6 is 0 Å². The molecule has 1 nitrogen and oxygen atoms in total. The number of benzene rings is 2. The Kier molecular flexibility index (Phi) is 3.76. The van der Waals surface area contributed by atoms with Crippen molar-refractivity contribution in [2.24, 2.45) is 0 Å². The number of hydrogen-bond acceptors (Lipinski definition) is 1. The van der Waals surface area contributed by atoms with E-state index in [1.54, 1.807) is 12.1 Å². The van der Waals surface area contributed by atoms with Gasteiger partial charge in [-0.05, 0) is 56.5 Å². The molecular formula is C18H19FO. The third-order valence-electron chi connectivity index (χ3n) is 3.98. The molecule has 0 aliphatic rings. The molecule has 0 unspecified atom stereocenters. The average Bonchev–Trinajstić information content (AvgIpc) is 2.41. The third-order valence-corrected chi connectivity index (χ3v) is 3.98. The maximum Gasteiger partial charge on any atom is 0.173 e. The van der Waals surface area contributed by atoms with Gasteiger partial charge in [0.2, 0.25) is 0 Å². The number of Topliss-reactive ketones (excluding diaryl/α,β-unsaturated/α-hetero) is 1. The highest BCUT2D eigenvalue weighted by Gasteiger charge is 2.31. The van der Waals surface area contributed by atoms with Crippen molar-refractivity contribution in [3.63, 3.8) is 0 Å². The molecule has 0 N–H and O–H groups in total. The van der Waals surface area contributed by atoms with E-state index in [2.05, 4.69) is 0 Å². The Morgan fingerprint density at radius 3 is 2.20 bits per heavy atom. The Hall–Kier alpha value is -1.96. The van der Waals surface area contributed by atoms with Crippen molar-refractivity contribution < 1.29 is 9.18 Å². The van der Waals surface area contributed by atoms with E-state index in [-0.39, 0.29) is 11.6 Å². The van der Waals surface area contributed by atoms with Gasteiger partial charge < -0.3 is 0 Å². The average molecular weight is 270 g/mol. The first-order chi connectivity index (χ1) is 9.34. The van der Waals surface area contributed by atoms with Gasteiger partial charge in [-0.3, -0.25) is 4.79 Å². The minimum Gasteiger partial charge on any atom is -0.293 e. The number of rotatable bonds is 3. The summed E-state index contributed by atoms with van der Waals surface area (Å²) in [4.78, 5) is 12.8. The number of ketones is 1. The SMILES string of the molecule is Cc1cccc(C(=O)C(C)(C)c2ccc(F)cc2)c1C. The van der Waals surface area contributed by atoms with Gasteiger partial charge in [0.1, 0.15) is 5.82 Å². The van der Waals surface area contributed by atoms with Crippen molar-refractivity contribution in [2.75, 3.05) is 0 Å². The van der Waals surface area contributed by atoms with E-state index < -0.39 is 5.41 Å². The molecule has 20 heavy (non-hydrogen) atoms. The van der Waals surface area contributed by atoms with E-state index >= 15 is 0 Å². The molecule has 2 rings (SSSR count). The molecule has 0 saturated heterocycles. The van der Waals surface area contributed by atoms with Gasteiger partial charge in [0.05, 0.1) is 5.41 Å². The van der Waals surface area contributed by atoms with Gasteiger partial charge in [-0.2, -0.15) is 0 Å². The fourth-order valence-corrected chi connectivity index (χ4v) is 2.33. The summed E-state index contributed by atoms with van der Waals surface area (Å²) >= 11 is 0. The van der Waals surface area contributed by atoms with Crippen LogP contribution < -0.4 is 0 Å². The zero-order valence-corrected chi connectivity index (χ0v) is 12.3. The fourth-order valence-electron chi connectivity index (χ4n) is 2.33. The molecule has 2 aromatic carbocycles. The van der Waals surface area contributed by atoms with E-state index in [1.807, 2.05) is 45.9 Å². The summed E-state index contributed by atoms with van der Waals surface area (Å²) < 4.78 is 13.0. The number of halogens is 1. The van der Waals surface area contributed by atoms with Gasteiger partial charge in [0.15, 0.2) is 5.78 Å². The first-order valence-corrected chi connectivity index (χ1v) is 6.71. The molecule has 0 spiro atoms. The summed E-state index contributed by atoms with van der Waals surface area (Å²) in [7, 11) is 0. The predicted octanol–water partition coefficient (Wildman–Crippen LogP) is 4.60. The molecule has 2 aromatic rings. The molecule has 0 saturated carbocycles. The zero-order chi connectivity index (χ0) is 14.9. The van der Waals surface area contributed by atoms with Gasteiger partial charge in [-0.1, -0.05) is 30.3 Å². The van der Waals surface area contributed by atoms with Crippen molar-refractivity contribution in [1.29, 1.82) is 0 Å². The largest absolute Gasteiger partial charge is 0.293 e. The lowest BCUT2D eigenvalue weighted by molar-refractivity contribution is 0.0908. The van der Waals surface area contributed by atoms with Crippen LogP contribution in [0.25, 0.3) is 0 Å². The first-order valence-electron chi connectivity index (χ1n) is 6.71. The lowest BCUT2D eigenvalue weighted by Crippen LogP contribution is -2.29. The lowest BCUT2D eigenvalue weighted by atomic mass is 9.77. The van der Waals surface area contributed by atoms with Gasteiger partial charge in [-0.15, -0.1) is 0 Å². The Morgan fingerprint density at radius 2 is 1.60 bits per heavy atom. The van der Waals surface area contributed by atoms with Crippen LogP contribution in [0.3, 0.4) is 0 Å². The molecule has 2 heteroatoms. The third kappa shape index (κ3) is 2.51. The van der Waals surface area contributed by atoms with Crippen molar-refractivity contribution >= 4 is 5.78 Å². The zero-order valence-electron chi connectivity index (χ0n) is 12.3. The van der Waals surface area contributed by atoms with E-state index in [1.165, 1.54) is 12.1 Å². The molecule has 104 valence electrons. The van der Waals surface area contributed by atoms with Crippen LogP contribution in [0.15, 0.2) is 42.5 Å². The van der Waals surface area contributed by atoms with Crippen LogP contribution in [0.2, 0.25) is 0 Å². The van der Waals surface area contributed by atoms with Crippen LogP contribution in [0, 0.1) is 19.7 Å². The summed E-state index contributed by atoms with van der Waals surface area (Å²) in [6.45, 7) is 7.72. The normalized spacial score (nSPS) is 11.4. The van der Waals surface area contributed by atoms with E-state index in [0.29, 0.717) is 0 Å². The number of carbonyl (C=O) groups excluding carboxylic acids is 1. The number of aryl methyl sites for hydroxylation is 1. The molecule has 0 amide bonds. The topological polar surface area (TPSA) is 17.1 Å². The Balaban J connectivity index is 2.45. The molecule has 0 radical (unpaired) electrons. The van der Waals surface area contributed by atoms with Crippen molar-refractivity contribution in [3.8, 4) is 0 Å². The van der Waals surface area contributed by atoms with Gasteiger partial charge in [0.25, 0.3) is 0 Å². The van der Waals surface area contributed by atoms with Gasteiger partial charge >= 0.3 is 0 Å². The highest BCUT2D eigenvalue weighted by atomic mass is 19.1. The minimum atomic E-state index is -0.674. The Morgan fingerprint density at radius 1 is 1.00 bits per heavy atom. The second-order valence-corrected chi connectivity index (χ2v) is 5.71. The van der Waals surface area contributed by atoms with Crippen molar-refractivity contribution in [2.45, 2.75) is 33.1 Å². The van der Waals surface area contributed by atoms with Crippen LogP contribution in [-0.4, -0.2) is 5.78 Å². The predicted molar refractivity (Wildman–Crippen MR) is 79.7 cm³/mol. The molecule has 0 aliphatic heterocycles. The monoisotopic (exact) mass is 270 g/mol. The summed E-state index contributed by atoms with van der Waals surface area (Å²) in [5, 5.41) is 0. The molecule has 0 aliphatic carbocycles. The summed E-state index contributed by atoms with van der Waals surface area (Å²) in [6.07, 6.45) is 0. The summed E-state index contributed by atoms with van der Waals surface area (Å²) in [5.41, 5.74) is 2.99. The standard InChI is InChI=1S/C18H19FO/c1-12-6-5-7-16(13(12)2)17(20)18(3,4)14-8-10-15(19)11-9-14/h5-11H,1-4H3. The molecule has 0 aromatic heterocycles. The number of carbonyl (C=O) groups is 1. The van der Waals surface area contributed by atoms with E-state index in [9.17, 15) is 9.18 Å². The second kappa shape index (κ2) is 5.20. The Bertz CT molecular complexity index is 639. The molecular weight excluding hydrogens is 251 g/mol. The molecule has 0 atom stereocenters. The molecule has 0 bridgehead atoms. The van der Waals surface area contributed by atoms with Crippen molar-refractivity contribution in [1.82, 2.24) is 0 Å². The highest BCUT2D eigenvalue weighted by Crippen LogP contribution is 2.29.